The van der Waals surface area contributed by atoms with Crippen LogP contribution in [-0.2, 0) is 0 Å². The molecule has 0 atom stereocenters. The van der Waals surface area contributed by atoms with Crippen molar-refractivity contribution in [3.05, 3.63) is 290 Å². The second-order valence-electron chi connectivity index (χ2n) is 21.6. The zero-order chi connectivity index (χ0) is 56.3. The highest BCUT2D eigenvalue weighted by Crippen LogP contribution is 2.49. The molecular weight excluding hydrogens is 1030 g/mol. The van der Waals surface area contributed by atoms with Gasteiger partial charge < -0.3 is 0 Å². The highest BCUT2D eigenvalue weighted by Gasteiger charge is 2.36. The smallest absolute Gasteiger partial charge is 0.0889 e. The van der Waals surface area contributed by atoms with E-state index in [2.05, 4.69) is 109 Å². The van der Waals surface area contributed by atoms with E-state index < -0.39 is 0 Å². The van der Waals surface area contributed by atoms with Gasteiger partial charge in [0.25, 0.3) is 0 Å². The minimum atomic E-state index is -0.0989. The molecule has 1 aliphatic rings. The normalized spacial score (nSPS) is 18.4. The third kappa shape index (κ3) is 12.5. The van der Waals surface area contributed by atoms with Gasteiger partial charge in [-0.05, 0) is 184 Å². The number of nitrogens with zero attached hydrogens (tertiary/aromatic N) is 12. The molecule has 12 heterocycles. The summed E-state index contributed by atoms with van der Waals surface area (Å²) in [5, 5.41) is 0. The molecule has 0 aromatic carbocycles. The van der Waals surface area contributed by atoms with E-state index in [-0.39, 0.29) is 35.5 Å². The molecule has 12 aromatic rings. The Labute approximate surface area is 489 Å². The fourth-order valence-electron chi connectivity index (χ4n) is 12.1. The molecule has 0 radical (unpaired) electrons. The lowest BCUT2D eigenvalue weighted by molar-refractivity contribution is 0.339. The first-order valence-electron chi connectivity index (χ1n) is 28.9. The van der Waals surface area contributed by atoms with Crippen molar-refractivity contribution in [3.63, 3.8) is 0 Å². The number of pyridine rings is 12. The number of aromatic nitrogens is 12. The Morgan fingerprint density at radius 3 is 0.464 bits per heavy atom. The van der Waals surface area contributed by atoms with Crippen LogP contribution in [0.4, 0.5) is 0 Å². The predicted octanol–water partition coefficient (Wildman–Crippen LogP) is 15.8. The molecule has 13 rings (SSSR count). The second-order valence-corrected chi connectivity index (χ2v) is 21.6. The molecule has 1 saturated carbocycles. The Hall–Kier alpha value is -10.2. The molecule has 0 spiro atoms. The van der Waals surface area contributed by atoms with E-state index in [1.54, 1.807) is 0 Å². The fraction of sp³-hybridized carbons (Fsp3) is 0.167. The summed E-state index contributed by atoms with van der Waals surface area (Å²) in [6, 6.07) is 74.4. The van der Waals surface area contributed by atoms with Gasteiger partial charge in [-0.25, -0.2) is 0 Å². The number of hydrogen-bond donors (Lipinski definition) is 0. The largest absolute Gasteiger partial charge is 0.255 e. The molecule has 0 aliphatic heterocycles. The first-order valence-corrected chi connectivity index (χ1v) is 28.9. The van der Waals surface area contributed by atoms with Crippen molar-refractivity contribution in [2.24, 2.45) is 0 Å². The van der Waals surface area contributed by atoms with Crippen molar-refractivity contribution in [1.29, 1.82) is 0 Å². The van der Waals surface area contributed by atoms with Gasteiger partial charge in [0.2, 0.25) is 0 Å². The van der Waals surface area contributed by atoms with Crippen LogP contribution in [-0.4, -0.2) is 59.8 Å². The van der Waals surface area contributed by atoms with Gasteiger partial charge in [0.15, 0.2) is 0 Å². The van der Waals surface area contributed by atoms with E-state index in [0.29, 0.717) is 38.5 Å². The molecule has 0 amide bonds. The average molecular weight is 1090 g/mol. The van der Waals surface area contributed by atoms with Gasteiger partial charge in [0.05, 0.1) is 68.3 Å². The lowest BCUT2D eigenvalue weighted by Crippen LogP contribution is -2.22. The summed E-state index contributed by atoms with van der Waals surface area (Å²) in [5.74, 6) is -0.594. The Morgan fingerprint density at radius 2 is 0.321 bits per heavy atom. The first kappa shape index (κ1) is 53.1. The van der Waals surface area contributed by atoms with E-state index in [0.717, 1.165) is 102 Å². The van der Waals surface area contributed by atoms with Crippen LogP contribution in [0.25, 0.3) is 68.3 Å². The number of rotatable bonds is 12. The predicted molar refractivity (Wildman–Crippen MR) is 329 cm³/mol. The molecule has 0 saturated heterocycles. The van der Waals surface area contributed by atoms with Gasteiger partial charge >= 0.3 is 0 Å². The Kier molecular flexibility index (Phi) is 16.0. The lowest BCUT2D eigenvalue weighted by Gasteiger charge is -2.34. The van der Waals surface area contributed by atoms with Crippen molar-refractivity contribution in [2.75, 3.05) is 0 Å². The monoisotopic (exact) mass is 1090 g/mol. The molecule has 0 N–H and O–H groups in total. The molecule has 0 bridgehead atoms. The molecule has 84 heavy (non-hydrogen) atoms. The van der Waals surface area contributed by atoms with Crippen LogP contribution in [0, 0.1) is 0 Å². The van der Waals surface area contributed by atoms with E-state index in [1.165, 1.54) is 0 Å². The Bertz CT molecular complexity index is 3380. The van der Waals surface area contributed by atoms with Crippen LogP contribution in [0.5, 0.6) is 0 Å². The van der Waals surface area contributed by atoms with Crippen LogP contribution >= 0.6 is 0 Å². The van der Waals surface area contributed by atoms with Crippen molar-refractivity contribution in [1.82, 2.24) is 59.8 Å². The lowest BCUT2D eigenvalue weighted by atomic mass is 9.71. The maximum Gasteiger partial charge on any atom is 0.0889 e. The van der Waals surface area contributed by atoms with Gasteiger partial charge in [0, 0.05) is 107 Å². The summed E-state index contributed by atoms with van der Waals surface area (Å²) in [7, 11) is 0. The van der Waals surface area contributed by atoms with E-state index in [1.807, 2.05) is 146 Å². The van der Waals surface area contributed by atoms with Crippen LogP contribution in [0.15, 0.2) is 256 Å². The van der Waals surface area contributed by atoms with Gasteiger partial charge in [-0.3, -0.25) is 59.8 Å². The minimum Gasteiger partial charge on any atom is -0.255 e. The molecule has 12 aromatic heterocycles. The summed E-state index contributed by atoms with van der Waals surface area (Å²) in [4.78, 5) is 62.2. The third-order valence-corrected chi connectivity index (χ3v) is 16.1. The minimum absolute atomic E-state index is 0.0989. The van der Waals surface area contributed by atoms with Crippen LogP contribution in [0.1, 0.15) is 108 Å². The summed E-state index contributed by atoms with van der Waals surface area (Å²) in [5.41, 5.74) is 15.8. The Balaban J connectivity index is 1.04. The SMILES string of the molecule is c1ccc(-c2cccc(C3CC(c4cccc(-c5ccccn5)n4)CC(c4cccc(-c5ccccn5)n4)CC(c4cccc(-c5ccccn5)n4)CC(c4cccc(-c5ccccn5)n4)CC(c4cccc(-c5ccccn5)n4)C3)n2)nc1. The summed E-state index contributed by atoms with van der Waals surface area (Å²) >= 11 is 0. The van der Waals surface area contributed by atoms with E-state index in [4.69, 9.17) is 59.8 Å². The molecule has 408 valence electrons. The van der Waals surface area contributed by atoms with E-state index in [9.17, 15) is 0 Å². The molecular formula is C72H60N12. The quantitative estimate of drug-likeness (QED) is 0.114. The van der Waals surface area contributed by atoms with Gasteiger partial charge in [-0.15, -0.1) is 0 Å². The first-order chi connectivity index (χ1) is 41.6. The molecule has 1 aliphatic carbocycles. The average Bonchev–Trinajstić information content (AvgIpc) is 3.57. The maximum absolute atomic E-state index is 5.58. The summed E-state index contributed by atoms with van der Waals surface area (Å²) in [6.07, 6.45) is 15.2. The second kappa shape index (κ2) is 25.3. The fourth-order valence-corrected chi connectivity index (χ4v) is 12.1. The van der Waals surface area contributed by atoms with Crippen LogP contribution in [0.3, 0.4) is 0 Å². The molecule has 12 heteroatoms. The van der Waals surface area contributed by atoms with Crippen molar-refractivity contribution < 1.29 is 0 Å². The topological polar surface area (TPSA) is 155 Å². The molecule has 0 unspecified atom stereocenters. The number of hydrogen-bond acceptors (Lipinski definition) is 12. The zero-order valence-electron chi connectivity index (χ0n) is 46.3. The highest BCUT2D eigenvalue weighted by atomic mass is 14.8. The maximum atomic E-state index is 5.58. The van der Waals surface area contributed by atoms with Gasteiger partial charge in [-0.2, -0.15) is 0 Å². The third-order valence-electron chi connectivity index (χ3n) is 16.1. The standard InChI is InChI=1S/C72H60N12/c1-7-37-73-61(19-1)67-31-13-25-55(79-67)49-43-50(56-26-14-32-68(80-56)62-20-2-8-38-74-62)45-52(58-28-16-34-70(82-58)64-22-4-10-40-76-64)47-54(60-30-18-36-72(84-60)66-24-6-12-42-78-66)48-53(59-29-17-35-71(83-59)65-23-5-11-41-77-65)46-51(44-49)57-27-15-33-69(81-57)63-21-3-9-39-75-63/h1-42,49-54H,43-48H2. The highest BCUT2D eigenvalue weighted by molar-refractivity contribution is 5.58. The summed E-state index contributed by atoms with van der Waals surface area (Å²) < 4.78 is 0. The van der Waals surface area contributed by atoms with Gasteiger partial charge in [-0.1, -0.05) is 72.8 Å². The van der Waals surface area contributed by atoms with Crippen LogP contribution < -0.4 is 0 Å². The van der Waals surface area contributed by atoms with Crippen molar-refractivity contribution >= 4 is 0 Å². The molecule has 12 nitrogen and oxygen atoms in total. The van der Waals surface area contributed by atoms with Crippen molar-refractivity contribution in [3.8, 4) is 68.3 Å². The Morgan fingerprint density at radius 1 is 0.167 bits per heavy atom. The van der Waals surface area contributed by atoms with E-state index >= 15 is 0 Å². The molecule has 1 fully saturated rings. The van der Waals surface area contributed by atoms with Crippen molar-refractivity contribution in [2.45, 2.75) is 74.0 Å². The van der Waals surface area contributed by atoms with Gasteiger partial charge in [0.1, 0.15) is 0 Å². The summed E-state index contributed by atoms with van der Waals surface area (Å²) in [6.45, 7) is 0. The zero-order valence-corrected chi connectivity index (χ0v) is 46.3. The van der Waals surface area contributed by atoms with Crippen LogP contribution in [0.2, 0.25) is 0 Å².